The number of aromatic amines is 1. The maximum Gasteiger partial charge on any atom is 0.240 e. The Morgan fingerprint density at radius 2 is 2.25 bits per heavy atom. The molecule has 1 aliphatic rings. The number of rotatable bonds is 4. The van der Waals surface area contributed by atoms with Crippen LogP contribution < -0.4 is 5.32 Å². The van der Waals surface area contributed by atoms with E-state index in [0.29, 0.717) is 25.7 Å². The molecule has 2 heterocycles. The first-order valence-corrected chi connectivity index (χ1v) is 8.70. The molecule has 3 rings (SSSR count). The minimum absolute atomic E-state index is 0.00300. The molecule has 1 atom stereocenters. The molecule has 5 nitrogen and oxygen atoms in total. The standard InChI is InChI=1S/C18H24ClN3O2/c1-11(2)14-8-16-12(7-15(14)19)6-13(21-16)9-20-18(23)17-10-24-5-4-22(17)3/h6-8,11,17,21H,4-5,9-10H2,1-3H3,(H,20,23). The Hall–Kier alpha value is -1.56. The number of benzene rings is 1. The van der Waals surface area contributed by atoms with E-state index in [-0.39, 0.29) is 11.9 Å². The fourth-order valence-electron chi connectivity index (χ4n) is 3.03. The van der Waals surface area contributed by atoms with Crippen LogP contribution >= 0.6 is 11.6 Å². The van der Waals surface area contributed by atoms with Crippen molar-refractivity contribution < 1.29 is 9.53 Å². The van der Waals surface area contributed by atoms with Gasteiger partial charge in [-0.2, -0.15) is 0 Å². The molecule has 0 saturated carbocycles. The van der Waals surface area contributed by atoms with Gasteiger partial charge >= 0.3 is 0 Å². The third-order valence-electron chi connectivity index (χ3n) is 4.57. The fraction of sp³-hybridized carbons (Fsp3) is 0.500. The molecule has 2 N–H and O–H groups in total. The first-order chi connectivity index (χ1) is 11.5. The van der Waals surface area contributed by atoms with Gasteiger partial charge in [-0.25, -0.2) is 0 Å². The summed E-state index contributed by atoms with van der Waals surface area (Å²) in [6, 6.07) is 5.89. The van der Waals surface area contributed by atoms with Crippen LogP contribution in [0.15, 0.2) is 18.2 Å². The number of likely N-dealkylation sites (N-methyl/N-ethyl adjacent to an activating group) is 1. The maximum absolute atomic E-state index is 12.3. The number of morpholine rings is 1. The third-order valence-corrected chi connectivity index (χ3v) is 4.89. The van der Waals surface area contributed by atoms with E-state index in [1.165, 1.54) is 0 Å². The van der Waals surface area contributed by atoms with Crippen molar-refractivity contribution >= 4 is 28.4 Å². The molecular weight excluding hydrogens is 326 g/mol. The smallest absolute Gasteiger partial charge is 0.240 e. The average molecular weight is 350 g/mol. The first-order valence-electron chi connectivity index (χ1n) is 8.32. The van der Waals surface area contributed by atoms with E-state index >= 15 is 0 Å². The lowest BCUT2D eigenvalue weighted by atomic mass is 10.0. The Labute approximate surface area is 147 Å². The third kappa shape index (κ3) is 3.58. The number of aromatic nitrogens is 1. The van der Waals surface area contributed by atoms with Crippen molar-refractivity contribution in [1.82, 2.24) is 15.2 Å². The van der Waals surface area contributed by atoms with Crippen molar-refractivity contribution in [2.45, 2.75) is 32.4 Å². The fourth-order valence-corrected chi connectivity index (χ4v) is 3.42. The summed E-state index contributed by atoms with van der Waals surface area (Å²) in [7, 11) is 1.95. The molecule has 0 bridgehead atoms. The minimum atomic E-state index is -0.217. The van der Waals surface area contributed by atoms with Crippen LogP contribution in [0.3, 0.4) is 0 Å². The molecule has 0 aliphatic carbocycles. The molecule has 2 aromatic rings. The predicted molar refractivity (Wildman–Crippen MR) is 96.5 cm³/mol. The van der Waals surface area contributed by atoms with Crippen molar-refractivity contribution in [3.05, 3.63) is 34.5 Å². The number of H-pyrrole nitrogens is 1. The van der Waals surface area contributed by atoms with E-state index in [0.717, 1.165) is 33.7 Å². The van der Waals surface area contributed by atoms with E-state index in [1.807, 2.05) is 24.1 Å². The molecule has 1 unspecified atom stereocenters. The van der Waals surface area contributed by atoms with Crippen molar-refractivity contribution in [2.24, 2.45) is 0 Å². The molecule has 0 radical (unpaired) electrons. The molecular formula is C18H24ClN3O2. The molecule has 1 aliphatic heterocycles. The van der Waals surface area contributed by atoms with Crippen LogP contribution in [0.5, 0.6) is 0 Å². The number of fused-ring (bicyclic) bond motifs is 1. The average Bonchev–Trinajstić information content (AvgIpc) is 2.93. The van der Waals surface area contributed by atoms with Gasteiger partial charge in [0, 0.05) is 28.2 Å². The SMILES string of the molecule is CC(C)c1cc2[nH]c(CNC(=O)C3COCCN3C)cc2cc1Cl. The van der Waals surface area contributed by atoms with E-state index < -0.39 is 0 Å². The molecule has 0 spiro atoms. The number of carbonyl (C=O) groups excluding carboxylic acids is 1. The second kappa shape index (κ2) is 7.13. The molecule has 6 heteroatoms. The number of halogens is 1. The van der Waals surface area contributed by atoms with Gasteiger partial charge < -0.3 is 15.0 Å². The Morgan fingerprint density at radius 3 is 2.96 bits per heavy atom. The Bertz CT molecular complexity index is 741. The van der Waals surface area contributed by atoms with Gasteiger partial charge in [0.15, 0.2) is 0 Å². The number of carbonyl (C=O) groups is 1. The van der Waals surface area contributed by atoms with Crippen molar-refractivity contribution in [3.8, 4) is 0 Å². The van der Waals surface area contributed by atoms with E-state index in [2.05, 4.69) is 30.2 Å². The van der Waals surface area contributed by atoms with Gasteiger partial charge in [-0.1, -0.05) is 25.4 Å². The number of hydrogen-bond donors (Lipinski definition) is 2. The quantitative estimate of drug-likeness (QED) is 0.892. The highest BCUT2D eigenvalue weighted by atomic mass is 35.5. The Kier molecular flexibility index (Phi) is 5.13. The summed E-state index contributed by atoms with van der Waals surface area (Å²) in [6.45, 7) is 6.62. The monoisotopic (exact) mass is 349 g/mol. The zero-order valence-electron chi connectivity index (χ0n) is 14.4. The number of nitrogens with one attached hydrogen (secondary N) is 2. The minimum Gasteiger partial charge on any atom is -0.378 e. The zero-order chi connectivity index (χ0) is 17.3. The Balaban J connectivity index is 1.70. The molecule has 1 fully saturated rings. The number of hydrogen-bond acceptors (Lipinski definition) is 3. The summed E-state index contributed by atoms with van der Waals surface area (Å²) in [4.78, 5) is 17.7. The lowest BCUT2D eigenvalue weighted by Gasteiger charge is -2.31. The highest BCUT2D eigenvalue weighted by molar-refractivity contribution is 6.32. The summed E-state index contributed by atoms with van der Waals surface area (Å²) in [5, 5.41) is 4.83. The topological polar surface area (TPSA) is 57.4 Å². The summed E-state index contributed by atoms with van der Waals surface area (Å²) in [6.07, 6.45) is 0. The summed E-state index contributed by atoms with van der Waals surface area (Å²) in [5.74, 6) is 0.368. The summed E-state index contributed by atoms with van der Waals surface area (Å²) >= 11 is 6.35. The van der Waals surface area contributed by atoms with E-state index in [9.17, 15) is 4.79 Å². The molecule has 130 valence electrons. The molecule has 1 saturated heterocycles. The normalized spacial score (nSPS) is 19.1. The van der Waals surface area contributed by atoms with Gasteiger partial charge in [0.2, 0.25) is 5.91 Å². The lowest BCUT2D eigenvalue weighted by Crippen LogP contribution is -2.51. The second-order valence-corrected chi connectivity index (χ2v) is 7.11. The Morgan fingerprint density at radius 1 is 1.46 bits per heavy atom. The number of ether oxygens (including phenoxy) is 1. The van der Waals surface area contributed by atoms with E-state index in [1.54, 1.807) is 0 Å². The van der Waals surface area contributed by atoms with Crippen LogP contribution in [0.2, 0.25) is 5.02 Å². The van der Waals surface area contributed by atoms with Crippen molar-refractivity contribution in [3.63, 3.8) is 0 Å². The van der Waals surface area contributed by atoms with Gasteiger partial charge in [0.1, 0.15) is 6.04 Å². The van der Waals surface area contributed by atoms with Gasteiger partial charge in [0.05, 0.1) is 19.8 Å². The zero-order valence-corrected chi connectivity index (χ0v) is 15.1. The largest absolute Gasteiger partial charge is 0.378 e. The summed E-state index contributed by atoms with van der Waals surface area (Å²) in [5.41, 5.74) is 3.14. The first kappa shape index (κ1) is 17.3. The highest BCUT2D eigenvalue weighted by Gasteiger charge is 2.26. The van der Waals surface area contributed by atoms with Crippen molar-refractivity contribution in [1.29, 1.82) is 0 Å². The van der Waals surface area contributed by atoms with Gasteiger partial charge in [0.25, 0.3) is 0 Å². The van der Waals surface area contributed by atoms with Gasteiger partial charge in [-0.15, -0.1) is 0 Å². The van der Waals surface area contributed by atoms with Crippen LogP contribution in [0.25, 0.3) is 10.9 Å². The molecule has 24 heavy (non-hydrogen) atoms. The molecule has 1 aromatic carbocycles. The van der Waals surface area contributed by atoms with Gasteiger partial charge in [-0.05, 0) is 36.7 Å². The molecule has 1 aromatic heterocycles. The van der Waals surface area contributed by atoms with E-state index in [4.69, 9.17) is 16.3 Å². The highest BCUT2D eigenvalue weighted by Crippen LogP contribution is 2.29. The predicted octanol–water partition coefficient (Wildman–Crippen LogP) is 2.89. The maximum atomic E-state index is 12.3. The van der Waals surface area contributed by atoms with Crippen LogP contribution in [0.1, 0.15) is 31.0 Å². The number of nitrogens with zero attached hydrogens (tertiary/aromatic N) is 1. The lowest BCUT2D eigenvalue weighted by molar-refractivity contribution is -0.131. The summed E-state index contributed by atoms with van der Waals surface area (Å²) < 4.78 is 5.40. The van der Waals surface area contributed by atoms with Crippen LogP contribution in [-0.4, -0.2) is 48.6 Å². The van der Waals surface area contributed by atoms with Gasteiger partial charge in [-0.3, -0.25) is 9.69 Å². The van der Waals surface area contributed by atoms with Crippen molar-refractivity contribution in [2.75, 3.05) is 26.8 Å². The second-order valence-electron chi connectivity index (χ2n) is 6.70. The van der Waals surface area contributed by atoms with Crippen LogP contribution in [0.4, 0.5) is 0 Å². The molecule has 1 amide bonds. The van der Waals surface area contributed by atoms with Crippen LogP contribution in [0, 0.1) is 0 Å². The van der Waals surface area contributed by atoms with Crippen LogP contribution in [-0.2, 0) is 16.1 Å². The number of amides is 1.